The Hall–Kier alpha value is -4.04. The second-order valence-corrected chi connectivity index (χ2v) is 8.76. The molecule has 3 aromatic rings. The number of rotatable bonds is 9. The summed E-state index contributed by atoms with van der Waals surface area (Å²) >= 11 is 0.902. The van der Waals surface area contributed by atoms with E-state index in [1.165, 1.54) is 4.90 Å². The molecular weight excluding hydrogens is 464 g/mol. The van der Waals surface area contributed by atoms with Gasteiger partial charge in [0, 0.05) is 5.69 Å². The monoisotopic (exact) mass is 488 g/mol. The number of aryl methyl sites for hydroxylation is 1. The number of ether oxygens (including phenoxy) is 2. The van der Waals surface area contributed by atoms with E-state index < -0.39 is 0 Å². The smallest absolute Gasteiger partial charge is 0.293 e. The van der Waals surface area contributed by atoms with Crippen LogP contribution in [0.25, 0.3) is 6.08 Å². The lowest BCUT2D eigenvalue weighted by molar-refractivity contribution is -0.123. The summed E-state index contributed by atoms with van der Waals surface area (Å²) < 4.78 is 11.1. The number of amides is 3. The van der Waals surface area contributed by atoms with Crippen LogP contribution in [-0.2, 0) is 9.59 Å². The van der Waals surface area contributed by atoms with Crippen molar-refractivity contribution in [2.24, 2.45) is 0 Å². The molecule has 1 aliphatic rings. The van der Waals surface area contributed by atoms with E-state index in [9.17, 15) is 14.4 Å². The van der Waals surface area contributed by atoms with Crippen molar-refractivity contribution in [1.29, 1.82) is 0 Å². The highest BCUT2D eigenvalue weighted by Gasteiger charge is 2.34. The van der Waals surface area contributed by atoms with E-state index >= 15 is 0 Å². The van der Waals surface area contributed by atoms with Gasteiger partial charge in [0.25, 0.3) is 17.1 Å². The van der Waals surface area contributed by atoms with Gasteiger partial charge in [-0.1, -0.05) is 48.0 Å². The van der Waals surface area contributed by atoms with Gasteiger partial charge in [-0.25, -0.2) is 0 Å². The van der Waals surface area contributed by atoms with Crippen LogP contribution in [0.4, 0.5) is 10.5 Å². The number of thioether (sulfide) groups is 1. The van der Waals surface area contributed by atoms with Crippen molar-refractivity contribution in [1.82, 2.24) is 4.90 Å². The number of nitrogens with zero attached hydrogens (tertiary/aromatic N) is 1. The molecule has 0 unspecified atom stereocenters. The van der Waals surface area contributed by atoms with Gasteiger partial charge in [0.1, 0.15) is 18.1 Å². The zero-order valence-electron chi connectivity index (χ0n) is 19.1. The first-order valence-electron chi connectivity index (χ1n) is 11.0. The topological polar surface area (TPSA) is 84.9 Å². The average molecular weight is 489 g/mol. The van der Waals surface area contributed by atoms with Gasteiger partial charge < -0.3 is 14.8 Å². The quantitative estimate of drug-likeness (QED) is 0.421. The second kappa shape index (κ2) is 11.4. The van der Waals surface area contributed by atoms with Crippen LogP contribution >= 0.6 is 11.8 Å². The van der Waals surface area contributed by atoms with Crippen LogP contribution < -0.4 is 14.8 Å². The molecule has 7 nitrogen and oxygen atoms in total. The van der Waals surface area contributed by atoms with Gasteiger partial charge in [0.2, 0.25) is 0 Å². The van der Waals surface area contributed by atoms with E-state index in [4.69, 9.17) is 9.47 Å². The van der Waals surface area contributed by atoms with Crippen molar-refractivity contribution in [3.63, 3.8) is 0 Å². The Balaban J connectivity index is 1.27. The molecule has 35 heavy (non-hydrogen) atoms. The minimum absolute atomic E-state index is 0.128. The molecule has 0 saturated carbocycles. The van der Waals surface area contributed by atoms with E-state index in [1.54, 1.807) is 30.3 Å². The fourth-order valence-corrected chi connectivity index (χ4v) is 4.12. The lowest BCUT2D eigenvalue weighted by atomic mass is 10.2. The molecule has 1 fully saturated rings. The first kappa shape index (κ1) is 24.1. The summed E-state index contributed by atoms with van der Waals surface area (Å²) in [5, 5.41) is 2.45. The number of hydrogen-bond donors (Lipinski definition) is 1. The van der Waals surface area contributed by atoms with E-state index in [1.807, 2.05) is 61.5 Å². The zero-order chi connectivity index (χ0) is 24.6. The fraction of sp³-hybridized carbons (Fsp3) is 0.148. The number of benzene rings is 3. The second-order valence-electron chi connectivity index (χ2n) is 7.77. The summed E-state index contributed by atoms with van der Waals surface area (Å²) in [6.07, 6.45) is 1.66. The maximum atomic E-state index is 12.7. The minimum Gasteiger partial charge on any atom is -0.492 e. The molecule has 0 bridgehead atoms. The van der Waals surface area contributed by atoms with Crippen LogP contribution in [0.2, 0.25) is 0 Å². The molecule has 0 aliphatic carbocycles. The lowest BCUT2D eigenvalue weighted by Gasteiger charge is -2.13. The summed E-state index contributed by atoms with van der Waals surface area (Å²) in [5.41, 5.74) is 2.56. The van der Waals surface area contributed by atoms with Crippen molar-refractivity contribution in [3.8, 4) is 11.5 Å². The number of anilines is 1. The highest BCUT2D eigenvalue weighted by Crippen LogP contribution is 2.32. The van der Waals surface area contributed by atoms with Crippen LogP contribution in [-0.4, -0.2) is 41.7 Å². The summed E-state index contributed by atoms with van der Waals surface area (Å²) in [7, 11) is 0. The third kappa shape index (κ3) is 6.74. The predicted octanol–water partition coefficient (Wildman–Crippen LogP) is 5.13. The molecule has 1 aliphatic heterocycles. The van der Waals surface area contributed by atoms with E-state index in [0.717, 1.165) is 22.9 Å². The van der Waals surface area contributed by atoms with Gasteiger partial charge >= 0.3 is 0 Å². The minimum atomic E-state index is -0.343. The lowest BCUT2D eigenvalue weighted by Crippen LogP contribution is -2.32. The zero-order valence-corrected chi connectivity index (χ0v) is 19.9. The molecule has 1 heterocycles. The summed E-state index contributed by atoms with van der Waals surface area (Å²) in [6, 6.07) is 23.7. The van der Waals surface area contributed by atoms with Gasteiger partial charge in [-0.3, -0.25) is 19.3 Å². The van der Waals surface area contributed by atoms with E-state index in [2.05, 4.69) is 5.32 Å². The number of hydrogen-bond acceptors (Lipinski definition) is 6. The Kier molecular flexibility index (Phi) is 7.84. The Morgan fingerprint density at radius 1 is 0.914 bits per heavy atom. The molecule has 8 heteroatoms. The standard InChI is InChI=1S/C27H24N2O5S/c1-19-7-11-21(12-8-19)28-25(30)18-34-23-13-9-20(10-14-23)17-24-26(31)29(27(32)35-24)15-16-33-22-5-3-2-4-6-22/h2-14,17H,15-16,18H2,1H3,(H,28,30)/b24-17-. The maximum absolute atomic E-state index is 12.7. The molecular formula is C27H24N2O5S. The molecule has 1 saturated heterocycles. The highest BCUT2D eigenvalue weighted by molar-refractivity contribution is 8.18. The molecule has 3 aromatic carbocycles. The van der Waals surface area contributed by atoms with Crippen molar-refractivity contribution < 1.29 is 23.9 Å². The Labute approximate surface area is 207 Å². The molecule has 4 rings (SSSR count). The van der Waals surface area contributed by atoms with Crippen LogP contribution in [0.1, 0.15) is 11.1 Å². The first-order chi connectivity index (χ1) is 17.0. The van der Waals surface area contributed by atoms with Crippen LogP contribution in [0, 0.1) is 6.92 Å². The van der Waals surface area contributed by atoms with Gasteiger partial charge in [-0.2, -0.15) is 0 Å². The van der Waals surface area contributed by atoms with Gasteiger partial charge in [0.05, 0.1) is 11.4 Å². The molecule has 3 amide bonds. The Morgan fingerprint density at radius 2 is 1.60 bits per heavy atom. The van der Waals surface area contributed by atoms with E-state index in [-0.39, 0.29) is 36.8 Å². The Bertz CT molecular complexity index is 1220. The van der Waals surface area contributed by atoms with Gasteiger partial charge in [-0.15, -0.1) is 0 Å². The fourth-order valence-electron chi connectivity index (χ4n) is 3.26. The molecule has 0 spiro atoms. The highest BCUT2D eigenvalue weighted by atomic mass is 32.2. The number of imide groups is 1. The van der Waals surface area contributed by atoms with Crippen molar-refractivity contribution in [2.75, 3.05) is 25.1 Å². The van der Waals surface area contributed by atoms with Crippen molar-refractivity contribution in [2.45, 2.75) is 6.92 Å². The average Bonchev–Trinajstić information content (AvgIpc) is 3.13. The summed E-state index contributed by atoms with van der Waals surface area (Å²) in [4.78, 5) is 38.6. The van der Waals surface area contributed by atoms with Crippen LogP contribution in [0.15, 0.2) is 83.8 Å². The van der Waals surface area contributed by atoms with Crippen LogP contribution in [0.5, 0.6) is 11.5 Å². The Morgan fingerprint density at radius 3 is 2.31 bits per heavy atom. The predicted molar refractivity (Wildman–Crippen MR) is 136 cm³/mol. The maximum Gasteiger partial charge on any atom is 0.293 e. The van der Waals surface area contributed by atoms with Crippen molar-refractivity contribution >= 4 is 40.6 Å². The number of nitrogens with one attached hydrogen (secondary N) is 1. The number of para-hydroxylation sites is 1. The summed E-state index contributed by atoms with van der Waals surface area (Å²) in [5.74, 6) is 0.602. The number of carbonyl (C=O) groups excluding carboxylic acids is 3. The van der Waals surface area contributed by atoms with Crippen molar-refractivity contribution in [3.05, 3.63) is 94.9 Å². The van der Waals surface area contributed by atoms with Gasteiger partial charge in [0.15, 0.2) is 6.61 Å². The molecule has 0 atom stereocenters. The largest absolute Gasteiger partial charge is 0.492 e. The first-order valence-corrected chi connectivity index (χ1v) is 11.8. The molecule has 0 aromatic heterocycles. The molecule has 0 radical (unpaired) electrons. The SMILES string of the molecule is Cc1ccc(NC(=O)COc2ccc(/C=C3\SC(=O)N(CCOc4ccccc4)C3=O)cc2)cc1. The number of carbonyl (C=O) groups is 3. The summed E-state index contributed by atoms with van der Waals surface area (Å²) in [6.45, 7) is 2.25. The van der Waals surface area contributed by atoms with Gasteiger partial charge in [-0.05, 0) is 66.7 Å². The normalized spacial score (nSPS) is 14.3. The molecule has 178 valence electrons. The van der Waals surface area contributed by atoms with Crippen LogP contribution in [0.3, 0.4) is 0 Å². The van der Waals surface area contributed by atoms with E-state index in [0.29, 0.717) is 22.1 Å². The third-order valence-electron chi connectivity index (χ3n) is 5.08. The molecule has 1 N–H and O–H groups in total. The third-order valence-corrected chi connectivity index (χ3v) is 5.99.